The van der Waals surface area contributed by atoms with Gasteiger partial charge in [0, 0.05) is 58.8 Å². The zero-order valence-corrected chi connectivity index (χ0v) is 15.7. The third-order valence-corrected chi connectivity index (χ3v) is 6.59. The summed E-state index contributed by atoms with van der Waals surface area (Å²) in [6.45, 7) is 5.63. The van der Waals surface area contributed by atoms with E-state index in [4.69, 9.17) is 4.74 Å². The van der Waals surface area contributed by atoms with Gasteiger partial charge in [-0.25, -0.2) is 0 Å². The molecule has 1 aliphatic carbocycles. The fraction of sp³-hybridized carbons (Fsp3) is 0.850. The summed E-state index contributed by atoms with van der Waals surface area (Å²) in [5, 5.41) is 9.87. The molecule has 2 saturated heterocycles. The second-order valence-electron chi connectivity index (χ2n) is 8.14. The molecule has 1 spiro atoms. The average molecular weight is 351 g/mol. The average Bonchev–Trinajstić information content (AvgIpc) is 2.98. The minimum Gasteiger partial charge on any atom is -0.396 e. The number of hydrogen-bond acceptors (Lipinski definition) is 4. The molecule has 142 valence electrons. The number of aliphatic hydroxyl groups excluding tert-OH is 1. The van der Waals surface area contributed by atoms with Crippen LogP contribution in [0.3, 0.4) is 0 Å². The summed E-state index contributed by atoms with van der Waals surface area (Å²) in [5.41, 5.74) is 1.53. The van der Waals surface area contributed by atoms with Crippen LogP contribution in [0.15, 0.2) is 11.6 Å². The molecule has 5 nitrogen and oxygen atoms in total. The van der Waals surface area contributed by atoms with Gasteiger partial charge in [-0.2, -0.15) is 0 Å². The van der Waals surface area contributed by atoms with Gasteiger partial charge in [0.25, 0.3) is 0 Å². The van der Waals surface area contributed by atoms with E-state index in [1.54, 1.807) is 7.11 Å². The lowest BCUT2D eigenvalue weighted by Gasteiger charge is -2.42. The summed E-state index contributed by atoms with van der Waals surface area (Å²) in [7, 11) is 1.74. The van der Waals surface area contributed by atoms with Crippen molar-refractivity contribution in [3.8, 4) is 0 Å². The van der Waals surface area contributed by atoms with Gasteiger partial charge in [0.1, 0.15) is 0 Å². The van der Waals surface area contributed by atoms with Gasteiger partial charge in [0.15, 0.2) is 0 Å². The van der Waals surface area contributed by atoms with Crippen molar-refractivity contribution in [3.63, 3.8) is 0 Å². The van der Waals surface area contributed by atoms with Gasteiger partial charge in [0.05, 0.1) is 6.61 Å². The van der Waals surface area contributed by atoms with Crippen LogP contribution in [0.1, 0.15) is 44.9 Å². The number of amides is 1. The first-order chi connectivity index (χ1) is 12.2. The van der Waals surface area contributed by atoms with Gasteiger partial charge in [-0.05, 0) is 43.9 Å². The van der Waals surface area contributed by atoms with Crippen molar-refractivity contribution < 1.29 is 14.6 Å². The predicted octanol–water partition coefficient (Wildman–Crippen LogP) is 2.06. The Morgan fingerprint density at radius 2 is 2.16 bits per heavy atom. The van der Waals surface area contributed by atoms with Crippen LogP contribution in [0.25, 0.3) is 0 Å². The maximum absolute atomic E-state index is 12.6. The van der Waals surface area contributed by atoms with Crippen LogP contribution in [0.2, 0.25) is 0 Å². The number of rotatable bonds is 6. The molecule has 2 fully saturated rings. The fourth-order valence-electron chi connectivity index (χ4n) is 4.93. The van der Waals surface area contributed by atoms with Crippen molar-refractivity contribution in [3.05, 3.63) is 11.6 Å². The number of allylic oxidation sites excluding steroid dienone is 1. The summed E-state index contributed by atoms with van der Waals surface area (Å²) in [5.74, 6) is 0.639. The third-order valence-electron chi connectivity index (χ3n) is 6.59. The van der Waals surface area contributed by atoms with Gasteiger partial charge in [-0.1, -0.05) is 11.6 Å². The summed E-state index contributed by atoms with van der Waals surface area (Å²) in [6, 6.07) is 0. The highest BCUT2D eigenvalue weighted by molar-refractivity contribution is 5.78. The summed E-state index contributed by atoms with van der Waals surface area (Å²) in [4.78, 5) is 17.1. The first-order valence-corrected chi connectivity index (χ1v) is 9.95. The van der Waals surface area contributed by atoms with Crippen LogP contribution in [0.5, 0.6) is 0 Å². The Labute approximate surface area is 152 Å². The number of ether oxygens (including phenoxy) is 1. The number of nitrogens with zero attached hydrogens (tertiary/aromatic N) is 2. The highest BCUT2D eigenvalue weighted by Gasteiger charge is 2.47. The van der Waals surface area contributed by atoms with E-state index in [2.05, 4.69) is 15.9 Å². The molecule has 0 radical (unpaired) electrons. The Kier molecular flexibility index (Phi) is 6.53. The van der Waals surface area contributed by atoms with Crippen molar-refractivity contribution in [1.82, 2.24) is 9.80 Å². The largest absolute Gasteiger partial charge is 0.396 e. The Bertz CT molecular complexity index is 483. The SMILES string of the molecule is COCCN1CC(CO)C2(CCN(C(=O)CC3=CCCCC3)CC2)C1. The van der Waals surface area contributed by atoms with Crippen molar-refractivity contribution in [1.29, 1.82) is 0 Å². The van der Waals surface area contributed by atoms with Gasteiger partial charge in [-0.15, -0.1) is 0 Å². The maximum Gasteiger partial charge on any atom is 0.226 e. The Hall–Kier alpha value is -0.910. The number of likely N-dealkylation sites (tertiary alicyclic amines) is 2. The smallest absolute Gasteiger partial charge is 0.226 e. The predicted molar refractivity (Wildman–Crippen MR) is 98.3 cm³/mol. The van der Waals surface area contributed by atoms with Crippen LogP contribution in [-0.2, 0) is 9.53 Å². The molecule has 0 aromatic heterocycles. The van der Waals surface area contributed by atoms with Crippen LogP contribution >= 0.6 is 0 Å². The topological polar surface area (TPSA) is 53.0 Å². The Morgan fingerprint density at radius 1 is 1.36 bits per heavy atom. The minimum absolute atomic E-state index is 0.184. The zero-order valence-electron chi connectivity index (χ0n) is 15.7. The molecular formula is C20H34N2O3. The van der Waals surface area contributed by atoms with Gasteiger partial charge in [-0.3, -0.25) is 4.79 Å². The van der Waals surface area contributed by atoms with E-state index in [1.807, 2.05) is 0 Å². The molecule has 2 heterocycles. The van der Waals surface area contributed by atoms with E-state index in [0.717, 1.165) is 65.0 Å². The lowest BCUT2D eigenvalue weighted by molar-refractivity contribution is -0.133. The number of carbonyl (C=O) groups excluding carboxylic acids is 1. The quantitative estimate of drug-likeness (QED) is 0.745. The first kappa shape index (κ1) is 18.9. The maximum atomic E-state index is 12.6. The molecule has 1 N–H and O–H groups in total. The monoisotopic (exact) mass is 350 g/mol. The van der Waals surface area contributed by atoms with Gasteiger partial charge in [0.2, 0.25) is 5.91 Å². The standard InChI is InChI=1S/C20H34N2O3/c1-25-12-11-21-14-18(15-23)20(16-21)7-9-22(10-8-20)19(24)13-17-5-3-2-4-6-17/h5,18,23H,2-4,6-16H2,1H3. The van der Waals surface area contributed by atoms with Gasteiger partial charge >= 0.3 is 0 Å². The second kappa shape index (κ2) is 8.65. The molecular weight excluding hydrogens is 316 g/mol. The molecule has 1 unspecified atom stereocenters. The lowest BCUT2D eigenvalue weighted by atomic mass is 9.71. The van der Waals surface area contributed by atoms with Gasteiger partial charge < -0.3 is 19.6 Å². The summed E-state index contributed by atoms with van der Waals surface area (Å²) >= 11 is 0. The number of hydrogen-bond donors (Lipinski definition) is 1. The highest BCUT2D eigenvalue weighted by atomic mass is 16.5. The number of piperidine rings is 1. The molecule has 1 atom stereocenters. The van der Waals surface area contributed by atoms with Crippen LogP contribution < -0.4 is 0 Å². The van der Waals surface area contributed by atoms with Crippen molar-refractivity contribution in [2.75, 3.05) is 53.0 Å². The van der Waals surface area contributed by atoms with Crippen LogP contribution in [0.4, 0.5) is 0 Å². The molecule has 25 heavy (non-hydrogen) atoms. The Balaban J connectivity index is 1.53. The summed E-state index contributed by atoms with van der Waals surface area (Å²) < 4.78 is 5.21. The van der Waals surface area contributed by atoms with E-state index in [0.29, 0.717) is 18.2 Å². The van der Waals surface area contributed by atoms with E-state index in [-0.39, 0.29) is 12.0 Å². The minimum atomic E-state index is 0.184. The molecule has 0 aromatic carbocycles. The zero-order chi connectivity index (χ0) is 17.7. The number of methoxy groups -OCH3 is 1. The molecule has 3 rings (SSSR count). The van der Waals surface area contributed by atoms with E-state index < -0.39 is 0 Å². The molecule has 5 heteroatoms. The van der Waals surface area contributed by atoms with Crippen molar-refractivity contribution in [2.45, 2.75) is 44.9 Å². The van der Waals surface area contributed by atoms with Crippen molar-refractivity contribution in [2.24, 2.45) is 11.3 Å². The molecule has 0 aromatic rings. The lowest BCUT2D eigenvalue weighted by Crippen LogP contribution is -2.47. The molecule has 0 bridgehead atoms. The van der Waals surface area contributed by atoms with E-state index >= 15 is 0 Å². The molecule has 2 aliphatic heterocycles. The normalized spacial score (nSPS) is 26.9. The molecule has 3 aliphatic rings. The fourth-order valence-corrected chi connectivity index (χ4v) is 4.93. The molecule has 1 amide bonds. The Morgan fingerprint density at radius 3 is 2.80 bits per heavy atom. The third kappa shape index (κ3) is 4.44. The van der Waals surface area contributed by atoms with E-state index in [1.165, 1.54) is 18.4 Å². The first-order valence-electron chi connectivity index (χ1n) is 9.95. The highest BCUT2D eigenvalue weighted by Crippen LogP contribution is 2.44. The van der Waals surface area contributed by atoms with Crippen LogP contribution in [0, 0.1) is 11.3 Å². The number of aliphatic hydroxyl groups is 1. The summed E-state index contributed by atoms with van der Waals surface area (Å²) in [6.07, 6.45) is 9.68. The number of carbonyl (C=O) groups is 1. The van der Waals surface area contributed by atoms with Crippen LogP contribution in [-0.4, -0.2) is 73.9 Å². The molecule has 0 saturated carbocycles. The second-order valence-corrected chi connectivity index (χ2v) is 8.14. The van der Waals surface area contributed by atoms with E-state index in [9.17, 15) is 9.90 Å². The van der Waals surface area contributed by atoms with Crippen molar-refractivity contribution >= 4 is 5.91 Å².